The number of carbonyl (C=O) groups excluding carboxylic acids is 1. The zero-order chi connectivity index (χ0) is 10.4. The molecule has 0 aliphatic carbocycles. The molecule has 1 amide bonds. The van der Waals surface area contributed by atoms with Gasteiger partial charge in [-0.05, 0) is 6.42 Å². The molecule has 0 aliphatic rings. The van der Waals surface area contributed by atoms with Crippen LogP contribution in [0.4, 0.5) is 0 Å². The molecule has 6 heteroatoms. The van der Waals surface area contributed by atoms with E-state index in [4.69, 9.17) is 5.73 Å². The lowest BCUT2D eigenvalue weighted by molar-refractivity contribution is -0.121. The number of nitrogens with one attached hydrogen (secondary N) is 2. The molecule has 0 spiro atoms. The van der Waals surface area contributed by atoms with Gasteiger partial charge in [0.05, 0.1) is 6.54 Å². The van der Waals surface area contributed by atoms with Gasteiger partial charge in [-0.3, -0.25) is 9.89 Å². The maximum atomic E-state index is 11.3. The van der Waals surface area contributed by atoms with Gasteiger partial charge in [0.2, 0.25) is 5.91 Å². The van der Waals surface area contributed by atoms with Crippen molar-refractivity contribution in [2.45, 2.75) is 32.4 Å². The van der Waals surface area contributed by atoms with Gasteiger partial charge in [0.15, 0.2) is 0 Å². The topological polar surface area (TPSA) is 96.7 Å². The highest BCUT2D eigenvalue weighted by Crippen LogP contribution is 1.93. The average molecular weight is 197 g/mol. The summed E-state index contributed by atoms with van der Waals surface area (Å²) in [4.78, 5) is 15.1. The predicted octanol–water partition coefficient (Wildman–Crippen LogP) is -0.452. The van der Waals surface area contributed by atoms with Crippen LogP contribution in [0, 0.1) is 0 Å². The number of aromatic nitrogens is 3. The third-order valence-corrected chi connectivity index (χ3v) is 1.89. The van der Waals surface area contributed by atoms with Crippen LogP contribution in [0.15, 0.2) is 6.33 Å². The molecule has 14 heavy (non-hydrogen) atoms. The second kappa shape index (κ2) is 5.33. The lowest BCUT2D eigenvalue weighted by Gasteiger charge is -2.07. The quantitative estimate of drug-likeness (QED) is 0.595. The molecule has 1 atom stereocenters. The number of nitrogens with two attached hydrogens (primary N) is 1. The van der Waals surface area contributed by atoms with Crippen LogP contribution < -0.4 is 11.1 Å². The number of hydrogen-bond acceptors (Lipinski definition) is 4. The van der Waals surface area contributed by atoms with Crippen LogP contribution in [-0.2, 0) is 11.3 Å². The Hall–Kier alpha value is -1.43. The Morgan fingerprint density at radius 3 is 3.14 bits per heavy atom. The van der Waals surface area contributed by atoms with E-state index in [-0.39, 0.29) is 11.9 Å². The Balaban J connectivity index is 2.22. The molecular weight excluding hydrogens is 182 g/mol. The van der Waals surface area contributed by atoms with Gasteiger partial charge in [-0.2, -0.15) is 5.10 Å². The third kappa shape index (κ3) is 3.53. The molecule has 78 valence electrons. The molecule has 1 unspecified atom stereocenters. The van der Waals surface area contributed by atoms with Gasteiger partial charge in [0.1, 0.15) is 12.2 Å². The summed E-state index contributed by atoms with van der Waals surface area (Å²) in [6, 6.07) is -0.0651. The first-order valence-corrected chi connectivity index (χ1v) is 4.59. The normalized spacial score (nSPS) is 12.4. The first-order chi connectivity index (χ1) is 6.72. The highest BCUT2D eigenvalue weighted by atomic mass is 16.1. The van der Waals surface area contributed by atoms with Crippen molar-refractivity contribution < 1.29 is 4.79 Å². The molecule has 0 bridgehead atoms. The van der Waals surface area contributed by atoms with Gasteiger partial charge >= 0.3 is 0 Å². The number of nitrogens with zero attached hydrogens (tertiary/aromatic N) is 2. The summed E-state index contributed by atoms with van der Waals surface area (Å²) in [5, 5.41) is 9.02. The Morgan fingerprint density at radius 2 is 2.57 bits per heavy atom. The highest BCUT2D eigenvalue weighted by Gasteiger charge is 2.07. The van der Waals surface area contributed by atoms with Crippen LogP contribution in [-0.4, -0.2) is 27.1 Å². The third-order valence-electron chi connectivity index (χ3n) is 1.89. The fourth-order valence-electron chi connectivity index (χ4n) is 0.953. The van der Waals surface area contributed by atoms with Gasteiger partial charge in [-0.15, -0.1) is 0 Å². The Kier molecular flexibility index (Phi) is 4.06. The molecule has 0 fully saturated rings. The molecule has 1 aromatic rings. The Morgan fingerprint density at radius 1 is 1.79 bits per heavy atom. The molecule has 1 aromatic heterocycles. The molecule has 6 nitrogen and oxygen atoms in total. The van der Waals surface area contributed by atoms with E-state index in [2.05, 4.69) is 20.5 Å². The molecule has 0 aliphatic heterocycles. The second-order valence-electron chi connectivity index (χ2n) is 3.08. The summed E-state index contributed by atoms with van der Waals surface area (Å²) in [7, 11) is 0. The van der Waals surface area contributed by atoms with Gasteiger partial charge < -0.3 is 11.1 Å². The summed E-state index contributed by atoms with van der Waals surface area (Å²) in [5.74, 6) is 0.583. The monoisotopic (exact) mass is 197 g/mol. The highest BCUT2D eigenvalue weighted by molar-refractivity contribution is 5.76. The minimum atomic E-state index is -0.0651. The van der Waals surface area contributed by atoms with Crippen LogP contribution >= 0.6 is 0 Å². The SMILES string of the molecule is CCC(N)CC(=O)NCc1ncn[nH]1. The number of hydrogen-bond donors (Lipinski definition) is 3. The van der Waals surface area contributed by atoms with E-state index in [0.717, 1.165) is 6.42 Å². The van der Waals surface area contributed by atoms with Crippen molar-refractivity contribution in [1.82, 2.24) is 20.5 Å². The molecule has 1 rings (SSSR count). The average Bonchev–Trinajstić information content (AvgIpc) is 2.67. The Labute approximate surface area is 82.3 Å². The van der Waals surface area contributed by atoms with Crippen molar-refractivity contribution in [3.8, 4) is 0 Å². The predicted molar refractivity (Wildman–Crippen MR) is 51.1 cm³/mol. The van der Waals surface area contributed by atoms with E-state index in [1.807, 2.05) is 6.92 Å². The van der Waals surface area contributed by atoms with Gasteiger partial charge in [0, 0.05) is 12.5 Å². The number of amides is 1. The summed E-state index contributed by atoms with van der Waals surface area (Å²) < 4.78 is 0. The first kappa shape index (κ1) is 10.6. The lowest BCUT2D eigenvalue weighted by atomic mass is 10.1. The lowest BCUT2D eigenvalue weighted by Crippen LogP contribution is -2.31. The van der Waals surface area contributed by atoms with Crippen LogP contribution in [0.5, 0.6) is 0 Å². The second-order valence-corrected chi connectivity index (χ2v) is 3.08. The number of H-pyrrole nitrogens is 1. The van der Waals surface area contributed by atoms with Crippen molar-refractivity contribution in [3.05, 3.63) is 12.2 Å². The summed E-state index contributed by atoms with van der Waals surface area (Å²) >= 11 is 0. The van der Waals surface area contributed by atoms with Crippen LogP contribution in [0.25, 0.3) is 0 Å². The molecule has 4 N–H and O–H groups in total. The van der Waals surface area contributed by atoms with Gasteiger partial charge in [0.25, 0.3) is 0 Å². The Bertz CT molecular complexity index is 271. The fourth-order valence-corrected chi connectivity index (χ4v) is 0.953. The zero-order valence-electron chi connectivity index (χ0n) is 8.16. The van der Waals surface area contributed by atoms with Crippen molar-refractivity contribution >= 4 is 5.91 Å². The smallest absolute Gasteiger partial charge is 0.221 e. The summed E-state index contributed by atoms with van der Waals surface area (Å²) in [5.41, 5.74) is 5.63. The molecule has 0 aromatic carbocycles. The number of carbonyl (C=O) groups is 1. The first-order valence-electron chi connectivity index (χ1n) is 4.59. The fraction of sp³-hybridized carbons (Fsp3) is 0.625. The van der Waals surface area contributed by atoms with Gasteiger partial charge in [-0.25, -0.2) is 4.98 Å². The van der Waals surface area contributed by atoms with Crippen molar-refractivity contribution in [1.29, 1.82) is 0 Å². The number of aromatic amines is 1. The van der Waals surface area contributed by atoms with Crippen LogP contribution in [0.3, 0.4) is 0 Å². The van der Waals surface area contributed by atoms with E-state index in [9.17, 15) is 4.79 Å². The minimum absolute atomic E-state index is 0.0595. The molecule has 1 heterocycles. The van der Waals surface area contributed by atoms with E-state index in [1.165, 1.54) is 6.33 Å². The van der Waals surface area contributed by atoms with Crippen molar-refractivity contribution in [2.75, 3.05) is 0 Å². The van der Waals surface area contributed by atoms with Crippen LogP contribution in [0.2, 0.25) is 0 Å². The molecular formula is C8H15N5O. The van der Waals surface area contributed by atoms with Crippen molar-refractivity contribution in [2.24, 2.45) is 5.73 Å². The molecule has 0 saturated heterocycles. The van der Waals surface area contributed by atoms with Crippen molar-refractivity contribution in [3.63, 3.8) is 0 Å². The molecule has 0 radical (unpaired) electrons. The summed E-state index contributed by atoms with van der Waals surface area (Å²) in [6.45, 7) is 2.32. The van der Waals surface area contributed by atoms with E-state index in [1.54, 1.807) is 0 Å². The maximum Gasteiger partial charge on any atom is 0.221 e. The number of rotatable bonds is 5. The largest absolute Gasteiger partial charge is 0.349 e. The van der Waals surface area contributed by atoms with Crippen LogP contribution in [0.1, 0.15) is 25.6 Å². The summed E-state index contributed by atoms with van der Waals surface area (Å²) in [6.07, 6.45) is 2.56. The van der Waals surface area contributed by atoms with E-state index in [0.29, 0.717) is 18.8 Å². The maximum absolute atomic E-state index is 11.3. The minimum Gasteiger partial charge on any atom is -0.349 e. The van der Waals surface area contributed by atoms with E-state index < -0.39 is 0 Å². The van der Waals surface area contributed by atoms with E-state index >= 15 is 0 Å². The zero-order valence-corrected chi connectivity index (χ0v) is 8.16. The molecule has 0 saturated carbocycles. The standard InChI is InChI=1S/C8H15N5O/c1-2-6(9)3-8(14)10-4-7-11-5-12-13-7/h5-6H,2-4,9H2,1H3,(H,10,14)(H,11,12,13). The van der Waals surface area contributed by atoms with Gasteiger partial charge in [-0.1, -0.05) is 6.92 Å².